The van der Waals surface area contributed by atoms with Crippen molar-refractivity contribution in [2.75, 3.05) is 5.32 Å². The average Bonchev–Trinajstić information content (AvgIpc) is 3.10. The molecule has 1 aromatic heterocycles. The van der Waals surface area contributed by atoms with E-state index in [9.17, 15) is 18.0 Å². The van der Waals surface area contributed by atoms with Gasteiger partial charge in [-0.25, -0.2) is 4.68 Å². The molecule has 1 amide bonds. The first-order chi connectivity index (χ1) is 13.3. The maximum absolute atomic E-state index is 12.4. The number of carbonyl (C=O) groups excluding carboxylic acids is 1. The molecule has 0 aliphatic heterocycles. The Hall–Kier alpha value is -3.20. The molecule has 10 heteroatoms. The molecular weight excluding hydrogens is 399 g/mol. The van der Waals surface area contributed by atoms with Crippen molar-refractivity contribution in [1.82, 2.24) is 9.78 Å². The molecule has 0 saturated carbocycles. The predicted molar refractivity (Wildman–Crippen MR) is 95.4 cm³/mol. The van der Waals surface area contributed by atoms with Gasteiger partial charge in [0.15, 0.2) is 6.73 Å². The zero-order valence-corrected chi connectivity index (χ0v) is 14.9. The monoisotopic (exact) mass is 411 g/mol. The lowest BCUT2D eigenvalue weighted by atomic mass is 10.3. The van der Waals surface area contributed by atoms with Crippen LogP contribution in [0.5, 0.6) is 11.5 Å². The summed E-state index contributed by atoms with van der Waals surface area (Å²) in [6.45, 7) is -0.0577. The molecule has 1 N–H and O–H groups in total. The number of nitrogens with zero attached hydrogens (tertiary/aromatic N) is 2. The van der Waals surface area contributed by atoms with Crippen LogP contribution in [0.3, 0.4) is 0 Å². The molecule has 0 atom stereocenters. The molecule has 1 heterocycles. The van der Waals surface area contributed by atoms with E-state index in [0.717, 1.165) is 12.1 Å². The quantitative estimate of drug-likeness (QED) is 0.637. The van der Waals surface area contributed by atoms with Crippen LogP contribution in [0.4, 0.5) is 18.9 Å². The van der Waals surface area contributed by atoms with E-state index in [1.807, 2.05) is 0 Å². The van der Waals surface area contributed by atoms with Gasteiger partial charge in [-0.3, -0.25) is 4.79 Å². The standard InChI is InChI=1S/C18H13ClF3N3O3/c19-14-3-1-2-4-16(14)27-11-25-15(9-10-23-25)17(26)24-12-5-7-13(8-6-12)28-18(20,21)22/h1-10H,11H2,(H,24,26). The number of carbonyl (C=O) groups is 1. The third-order valence-electron chi connectivity index (χ3n) is 3.47. The summed E-state index contributed by atoms with van der Waals surface area (Å²) < 4.78 is 47.2. The number of hydrogen-bond donors (Lipinski definition) is 1. The number of aromatic nitrogens is 2. The highest BCUT2D eigenvalue weighted by Crippen LogP contribution is 2.25. The highest BCUT2D eigenvalue weighted by Gasteiger charge is 2.31. The largest absolute Gasteiger partial charge is 0.573 e. The fraction of sp³-hybridized carbons (Fsp3) is 0.111. The second-order valence-electron chi connectivity index (χ2n) is 5.45. The number of nitrogens with one attached hydrogen (secondary N) is 1. The zero-order valence-electron chi connectivity index (χ0n) is 14.1. The summed E-state index contributed by atoms with van der Waals surface area (Å²) in [5.74, 6) is -0.459. The smallest absolute Gasteiger partial charge is 0.470 e. The number of amides is 1. The van der Waals surface area contributed by atoms with Crippen LogP contribution in [-0.4, -0.2) is 22.1 Å². The molecule has 0 spiro atoms. The molecule has 0 unspecified atom stereocenters. The summed E-state index contributed by atoms with van der Waals surface area (Å²) in [4.78, 5) is 12.4. The molecule has 2 aromatic carbocycles. The second-order valence-corrected chi connectivity index (χ2v) is 5.85. The summed E-state index contributed by atoms with van der Waals surface area (Å²) >= 11 is 6.01. The van der Waals surface area contributed by atoms with Gasteiger partial charge in [0.1, 0.15) is 17.2 Å². The lowest BCUT2D eigenvalue weighted by Crippen LogP contribution is -2.20. The molecule has 3 aromatic rings. The Morgan fingerprint density at radius 3 is 2.50 bits per heavy atom. The van der Waals surface area contributed by atoms with E-state index in [0.29, 0.717) is 16.5 Å². The van der Waals surface area contributed by atoms with Crippen molar-refractivity contribution in [3.8, 4) is 11.5 Å². The van der Waals surface area contributed by atoms with E-state index in [4.69, 9.17) is 16.3 Å². The van der Waals surface area contributed by atoms with Crippen molar-refractivity contribution in [1.29, 1.82) is 0 Å². The Morgan fingerprint density at radius 2 is 1.82 bits per heavy atom. The van der Waals surface area contributed by atoms with Crippen LogP contribution in [0.15, 0.2) is 60.8 Å². The molecular formula is C18H13ClF3N3O3. The number of ether oxygens (including phenoxy) is 2. The van der Waals surface area contributed by atoms with Crippen LogP contribution in [0.2, 0.25) is 5.02 Å². The maximum atomic E-state index is 12.4. The Bertz CT molecular complexity index is 958. The third kappa shape index (κ3) is 5.17. The number of halogens is 4. The Labute approximate surface area is 162 Å². The van der Waals surface area contributed by atoms with Crippen molar-refractivity contribution >= 4 is 23.2 Å². The lowest BCUT2D eigenvalue weighted by molar-refractivity contribution is -0.274. The number of anilines is 1. The first-order valence-corrected chi connectivity index (χ1v) is 8.26. The van der Waals surface area contributed by atoms with Crippen molar-refractivity contribution in [3.05, 3.63) is 71.5 Å². The van der Waals surface area contributed by atoms with E-state index in [2.05, 4.69) is 15.2 Å². The van der Waals surface area contributed by atoms with Gasteiger partial charge in [-0.1, -0.05) is 23.7 Å². The van der Waals surface area contributed by atoms with Gasteiger partial charge in [0, 0.05) is 11.9 Å². The molecule has 28 heavy (non-hydrogen) atoms. The first-order valence-electron chi connectivity index (χ1n) is 7.88. The normalized spacial score (nSPS) is 11.1. The molecule has 0 fully saturated rings. The Balaban J connectivity index is 1.64. The predicted octanol–water partition coefficient (Wildman–Crippen LogP) is 4.72. The van der Waals surface area contributed by atoms with Gasteiger partial charge in [-0.2, -0.15) is 5.10 Å². The van der Waals surface area contributed by atoms with Crippen LogP contribution >= 0.6 is 11.6 Å². The Kier molecular flexibility index (Phi) is 5.74. The van der Waals surface area contributed by atoms with Crippen molar-refractivity contribution in [2.45, 2.75) is 13.1 Å². The molecule has 3 rings (SSSR count). The van der Waals surface area contributed by atoms with E-state index in [-0.39, 0.29) is 18.2 Å². The fourth-order valence-electron chi connectivity index (χ4n) is 2.26. The number of para-hydroxylation sites is 1. The zero-order chi connectivity index (χ0) is 20.1. The Morgan fingerprint density at radius 1 is 1.11 bits per heavy atom. The number of hydrogen-bond acceptors (Lipinski definition) is 4. The topological polar surface area (TPSA) is 65.4 Å². The summed E-state index contributed by atoms with van der Waals surface area (Å²) in [6, 6.07) is 13.1. The molecule has 0 radical (unpaired) electrons. The summed E-state index contributed by atoms with van der Waals surface area (Å²) in [5.41, 5.74) is 0.488. The van der Waals surface area contributed by atoms with Crippen LogP contribution in [-0.2, 0) is 6.73 Å². The van der Waals surface area contributed by atoms with Crippen molar-refractivity contribution in [2.24, 2.45) is 0 Å². The van der Waals surface area contributed by atoms with Gasteiger partial charge >= 0.3 is 6.36 Å². The molecule has 6 nitrogen and oxygen atoms in total. The number of benzene rings is 2. The minimum absolute atomic E-state index is 0.0577. The van der Waals surface area contributed by atoms with Gasteiger partial charge in [0.2, 0.25) is 0 Å². The number of alkyl halides is 3. The van der Waals surface area contributed by atoms with Crippen LogP contribution < -0.4 is 14.8 Å². The van der Waals surface area contributed by atoms with Crippen LogP contribution in [0, 0.1) is 0 Å². The number of rotatable bonds is 6. The summed E-state index contributed by atoms with van der Waals surface area (Å²) in [7, 11) is 0. The third-order valence-corrected chi connectivity index (χ3v) is 3.79. The van der Waals surface area contributed by atoms with E-state index < -0.39 is 12.3 Å². The molecule has 0 bridgehead atoms. The highest BCUT2D eigenvalue weighted by molar-refractivity contribution is 6.32. The first kappa shape index (κ1) is 19.6. The van der Waals surface area contributed by atoms with E-state index in [1.165, 1.54) is 29.1 Å². The van der Waals surface area contributed by atoms with Gasteiger partial charge in [-0.05, 0) is 42.5 Å². The molecule has 0 saturated heterocycles. The molecule has 0 aliphatic rings. The molecule has 146 valence electrons. The van der Waals surface area contributed by atoms with Gasteiger partial charge in [0.05, 0.1) is 5.02 Å². The van der Waals surface area contributed by atoms with Crippen molar-refractivity contribution in [3.63, 3.8) is 0 Å². The van der Waals surface area contributed by atoms with Crippen molar-refractivity contribution < 1.29 is 27.4 Å². The summed E-state index contributed by atoms with van der Waals surface area (Å²) in [6.07, 6.45) is -3.36. The fourth-order valence-corrected chi connectivity index (χ4v) is 2.45. The highest BCUT2D eigenvalue weighted by atomic mass is 35.5. The average molecular weight is 412 g/mol. The van der Waals surface area contributed by atoms with Gasteiger partial charge in [-0.15, -0.1) is 13.2 Å². The maximum Gasteiger partial charge on any atom is 0.573 e. The van der Waals surface area contributed by atoms with Crippen LogP contribution in [0.1, 0.15) is 10.5 Å². The van der Waals surface area contributed by atoms with E-state index >= 15 is 0 Å². The minimum Gasteiger partial charge on any atom is -0.470 e. The summed E-state index contributed by atoms with van der Waals surface area (Å²) in [5, 5.41) is 7.01. The van der Waals surface area contributed by atoms with Gasteiger partial charge < -0.3 is 14.8 Å². The minimum atomic E-state index is -4.78. The van der Waals surface area contributed by atoms with E-state index in [1.54, 1.807) is 24.3 Å². The van der Waals surface area contributed by atoms with Crippen LogP contribution in [0.25, 0.3) is 0 Å². The van der Waals surface area contributed by atoms with Gasteiger partial charge in [0.25, 0.3) is 5.91 Å². The lowest BCUT2D eigenvalue weighted by Gasteiger charge is -2.12. The SMILES string of the molecule is O=C(Nc1ccc(OC(F)(F)F)cc1)c1ccnn1COc1ccccc1Cl. The molecule has 0 aliphatic carbocycles. The second kappa shape index (κ2) is 8.22.